The number of benzene rings is 1. The monoisotopic (exact) mass is 496 g/mol. The molecule has 2 aromatic heterocycles. The first kappa shape index (κ1) is 23.4. The molecule has 0 spiro atoms. The Kier molecular flexibility index (Phi) is 6.30. The van der Waals surface area contributed by atoms with Crippen molar-refractivity contribution in [2.24, 2.45) is 4.99 Å². The van der Waals surface area contributed by atoms with Crippen molar-refractivity contribution in [1.29, 1.82) is 0 Å². The highest BCUT2D eigenvalue weighted by Gasteiger charge is 2.38. The molecule has 0 fully saturated rings. The van der Waals surface area contributed by atoms with Crippen molar-refractivity contribution in [1.82, 2.24) is 25.4 Å². The molecule has 12 heteroatoms. The fourth-order valence-electron chi connectivity index (χ4n) is 3.55. The van der Waals surface area contributed by atoms with Gasteiger partial charge < -0.3 is 5.32 Å². The summed E-state index contributed by atoms with van der Waals surface area (Å²) in [4.78, 5) is 17.1. The van der Waals surface area contributed by atoms with Gasteiger partial charge in [0.15, 0.2) is 12.0 Å². The minimum atomic E-state index is -4.93. The number of hydrogen-bond acceptors (Lipinski definition) is 6. The number of hydrogen-bond donors (Lipinski definition) is 2. The zero-order valence-corrected chi connectivity index (χ0v) is 19.5. The summed E-state index contributed by atoms with van der Waals surface area (Å²) < 4.78 is 39.3. The van der Waals surface area contributed by atoms with Gasteiger partial charge in [0.2, 0.25) is 0 Å². The van der Waals surface area contributed by atoms with E-state index in [0.717, 1.165) is 26.6 Å². The van der Waals surface area contributed by atoms with Crippen molar-refractivity contribution in [3.63, 3.8) is 0 Å². The van der Waals surface area contributed by atoms with Gasteiger partial charge in [0, 0.05) is 34.1 Å². The SMILES string of the molecule is Cc1sc2c(c1C)C(c1ccc(Cl)cc1)=NC(NCCNC(=O)C(F)(F)F)c1nnc(C)n1-2. The summed E-state index contributed by atoms with van der Waals surface area (Å²) in [5.41, 5.74) is 3.57. The average Bonchev–Trinajstić information content (AvgIpc) is 3.22. The van der Waals surface area contributed by atoms with Gasteiger partial charge in [0.1, 0.15) is 10.8 Å². The molecule has 0 radical (unpaired) electrons. The van der Waals surface area contributed by atoms with Crippen LogP contribution in [0.25, 0.3) is 5.00 Å². The number of halogens is 4. The lowest BCUT2D eigenvalue weighted by Gasteiger charge is -2.15. The number of rotatable bonds is 5. The molecule has 33 heavy (non-hydrogen) atoms. The number of thiophene rings is 1. The van der Waals surface area contributed by atoms with Crippen molar-refractivity contribution >= 4 is 34.6 Å². The third-order valence-corrected chi connectivity index (χ3v) is 6.73. The van der Waals surface area contributed by atoms with Crippen LogP contribution in [-0.2, 0) is 4.79 Å². The molecule has 0 bridgehead atoms. The van der Waals surface area contributed by atoms with Gasteiger partial charge in [0.25, 0.3) is 0 Å². The molecule has 0 aliphatic carbocycles. The van der Waals surface area contributed by atoms with Gasteiger partial charge in [-0.1, -0.05) is 23.7 Å². The lowest BCUT2D eigenvalue weighted by atomic mass is 10.00. The van der Waals surface area contributed by atoms with E-state index >= 15 is 0 Å². The number of nitrogens with one attached hydrogen (secondary N) is 2. The summed E-state index contributed by atoms with van der Waals surface area (Å²) in [6.45, 7) is 5.70. The zero-order valence-electron chi connectivity index (χ0n) is 17.9. The van der Waals surface area contributed by atoms with E-state index in [1.807, 2.05) is 42.8 Å². The van der Waals surface area contributed by atoms with E-state index in [2.05, 4.69) is 15.5 Å². The quantitative estimate of drug-likeness (QED) is 0.522. The van der Waals surface area contributed by atoms with Crippen LogP contribution < -0.4 is 10.6 Å². The Hall–Kier alpha value is -2.76. The molecule has 1 aliphatic heterocycles. The third kappa shape index (κ3) is 4.53. The molecule has 0 saturated heterocycles. The van der Waals surface area contributed by atoms with Crippen LogP contribution in [0.5, 0.6) is 0 Å². The number of fused-ring (bicyclic) bond motifs is 3. The second-order valence-electron chi connectivity index (χ2n) is 7.50. The van der Waals surface area contributed by atoms with Gasteiger partial charge in [0.05, 0.1) is 5.71 Å². The Morgan fingerprint density at radius 3 is 2.52 bits per heavy atom. The maximum atomic E-state index is 12.5. The van der Waals surface area contributed by atoms with Gasteiger partial charge >= 0.3 is 12.1 Å². The maximum absolute atomic E-state index is 12.5. The highest BCUT2D eigenvalue weighted by molar-refractivity contribution is 7.15. The van der Waals surface area contributed by atoms with Crippen LogP contribution in [0.15, 0.2) is 29.3 Å². The summed E-state index contributed by atoms with van der Waals surface area (Å²) in [5.74, 6) is -0.804. The Bertz CT molecular complexity index is 1230. The van der Waals surface area contributed by atoms with Crippen LogP contribution in [0.2, 0.25) is 5.02 Å². The predicted octanol–water partition coefficient (Wildman–Crippen LogP) is 4.03. The van der Waals surface area contributed by atoms with E-state index in [1.165, 1.54) is 0 Å². The molecule has 1 aliphatic rings. The molecule has 1 atom stereocenters. The molecule has 3 heterocycles. The molecular weight excluding hydrogens is 477 g/mol. The average molecular weight is 497 g/mol. The van der Waals surface area contributed by atoms with Gasteiger partial charge in [-0.3, -0.25) is 19.7 Å². The van der Waals surface area contributed by atoms with Crippen molar-refractivity contribution < 1.29 is 18.0 Å². The molecule has 1 unspecified atom stereocenters. The van der Waals surface area contributed by atoms with Crippen LogP contribution in [0.1, 0.15) is 39.4 Å². The van der Waals surface area contributed by atoms with E-state index in [0.29, 0.717) is 22.4 Å². The third-order valence-electron chi connectivity index (χ3n) is 5.28. The summed E-state index contributed by atoms with van der Waals surface area (Å²) in [6.07, 6.45) is -5.62. The molecule has 7 nitrogen and oxygen atoms in total. The van der Waals surface area contributed by atoms with Gasteiger partial charge in [-0.25, -0.2) is 0 Å². The molecule has 2 N–H and O–H groups in total. The highest BCUT2D eigenvalue weighted by atomic mass is 35.5. The molecule has 4 rings (SSSR count). The number of aryl methyl sites for hydroxylation is 2. The van der Waals surface area contributed by atoms with Crippen LogP contribution >= 0.6 is 22.9 Å². The van der Waals surface area contributed by atoms with Crippen molar-refractivity contribution in [3.8, 4) is 5.00 Å². The topological polar surface area (TPSA) is 84.2 Å². The number of carbonyl (C=O) groups excluding carboxylic acids is 1. The number of aromatic nitrogens is 3. The second kappa shape index (κ2) is 8.88. The summed E-state index contributed by atoms with van der Waals surface area (Å²) >= 11 is 7.67. The Balaban J connectivity index is 1.73. The Labute approximate surface area is 196 Å². The van der Waals surface area contributed by atoms with Gasteiger partial charge in [-0.2, -0.15) is 13.2 Å². The molecule has 1 amide bonds. The van der Waals surface area contributed by atoms with Crippen molar-refractivity contribution in [3.05, 3.63) is 62.5 Å². The summed E-state index contributed by atoms with van der Waals surface area (Å²) in [5, 5.41) is 15.0. The predicted molar refractivity (Wildman–Crippen MR) is 120 cm³/mol. The zero-order chi connectivity index (χ0) is 23.9. The summed E-state index contributed by atoms with van der Waals surface area (Å²) in [7, 11) is 0. The molecule has 0 saturated carbocycles. The lowest BCUT2D eigenvalue weighted by Crippen LogP contribution is -2.40. The minimum absolute atomic E-state index is 0.0431. The maximum Gasteiger partial charge on any atom is 0.471 e. The smallest absolute Gasteiger partial charge is 0.347 e. The minimum Gasteiger partial charge on any atom is -0.347 e. The molecule has 3 aromatic rings. The van der Waals surface area contributed by atoms with Crippen LogP contribution in [-0.4, -0.2) is 45.6 Å². The largest absolute Gasteiger partial charge is 0.471 e. The number of alkyl halides is 3. The molecule has 174 valence electrons. The fourth-order valence-corrected chi connectivity index (χ4v) is 4.89. The van der Waals surface area contributed by atoms with E-state index in [1.54, 1.807) is 23.5 Å². The highest BCUT2D eigenvalue weighted by Crippen LogP contribution is 2.38. The Morgan fingerprint density at radius 2 is 1.85 bits per heavy atom. The van der Waals surface area contributed by atoms with Crippen LogP contribution in [0.4, 0.5) is 13.2 Å². The van der Waals surface area contributed by atoms with E-state index in [9.17, 15) is 18.0 Å². The summed E-state index contributed by atoms with van der Waals surface area (Å²) in [6, 6.07) is 7.30. The number of nitrogens with zero attached hydrogens (tertiary/aromatic N) is 4. The number of carbonyl (C=O) groups is 1. The second-order valence-corrected chi connectivity index (χ2v) is 9.14. The lowest BCUT2D eigenvalue weighted by molar-refractivity contribution is -0.173. The normalized spacial score (nSPS) is 15.5. The number of amides is 1. The first-order valence-corrected chi connectivity index (χ1v) is 11.2. The fraction of sp³-hybridized carbons (Fsp3) is 0.333. The van der Waals surface area contributed by atoms with Crippen LogP contribution in [0, 0.1) is 20.8 Å². The van der Waals surface area contributed by atoms with Crippen molar-refractivity contribution in [2.45, 2.75) is 33.1 Å². The van der Waals surface area contributed by atoms with Gasteiger partial charge in [-0.15, -0.1) is 21.5 Å². The molecule has 1 aromatic carbocycles. The number of aliphatic imine (C=N–C) groups is 1. The van der Waals surface area contributed by atoms with Crippen molar-refractivity contribution in [2.75, 3.05) is 13.1 Å². The van der Waals surface area contributed by atoms with Crippen LogP contribution in [0.3, 0.4) is 0 Å². The van der Waals surface area contributed by atoms with E-state index < -0.39 is 18.2 Å². The van der Waals surface area contributed by atoms with E-state index in [-0.39, 0.29) is 13.1 Å². The molecular formula is C21H20ClF3N6OS. The van der Waals surface area contributed by atoms with Gasteiger partial charge in [-0.05, 0) is 38.5 Å². The first-order valence-electron chi connectivity index (χ1n) is 10.0. The van der Waals surface area contributed by atoms with E-state index in [4.69, 9.17) is 16.6 Å². The Morgan fingerprint density at radius 1 is 1.15 bits per heavy atom. The standard InChI is InChI=1S/C21H20ClF3N6OS/c1-10-11(2)33-19-15(10)16(13-4-6-14(22)7-5-13)28-17(18-30-29-12(3)31(18)19)26-8-9-27-20(32)21(23,24)25/h4-7,17,26H,8-9H2,1-3H3,(H,27,32). The first-order chi connectivity index (χ1) is 15.6.